The second-order valence-electron chi connectivity index (χ2n) is 6.08. The quantitative estimate of drug-likeness (QED) is 0.639. The minimum atomic E-state index is -0.283. The number of rotatable bonds is 8. The molecule has 0 aromatic heterocycles. The first-order valence-corrected chi connectivity index (χ1v) is 8.18. The molecule has 24 heavy (non-hydrogen) atoms. The zero-order chi connectivity index (χ0) is 17.5. The maximum Gasteiger partial charge on any atom is 0.234 e. The molecule has 0 saturated carbocycles. The molecular weight excluding hydrogens is 308 g/mol. The fraction of sp³-hybridized carbons (Fsp3) is 0.529. The average Bonchev–Trinajstić information content (AvgIpc) is 3.01. The molecule has 1 aromatic carbocycles. The van der Waals surface area contributed by atoms with E-state index in [1.807, 2.05) is 24.3 Å². The number of hydrogen-bond acceptors (Lipinski definition) is 5. The van der Waals surface area contributed by atoms with Crippen molar-refractivity contribution in [2.45, 2.75) is 38.0 Å². The summed E-state index contributed by atoms with van der Waals surface area (Å²) in [6.07, 6.45) is 1.71. The summed E-state index contributed by atoms with van der Waals surface area (Å²) in [5.74, 6) is -0.412. The van der Waals surface area contributed by atoms with Crippen molar-refractivity contribution in [1.29, 1.82) is 0 Å². The Morgan fingerprint density at radius 1 is 1.46 bits per heavy atom. The zero-order valence-electron chi connectivity index (χ0n) is 14.0. The number of likely N-dealkylation sites (tertiary alicyclic amines) is 1. The fourth-order valence-corrected chi connectivity index (χ4v) is 3.00. The van der Waals surface area contributed by atoms with E-state index in [-0.39, 0.29) is 30.4 Å². The molecule has 132 valence electrons. The maximum absolute atomic E-state index is 12.0. The molecule has 2 amide bonds. The smallest absolute Gasteiger partial charge is 0.234 e. The van der Waals surface area contributed by atoms with Crippen LogP contribution in [0.15, 0.2) is 24.3 Å². The predicted molar refractivity (Wildman–Crippen MR) is 92.2 cm³/mol. The summed E-state index contributed by atoms with van der Waals surface area (Å²) in [5, 5.41) is 2.86. The van der Waals surface area contributed by atoms with Gasteiger partial charge in [-0.25, -0.2) is 0 Å². The number of primary amides is 1. The van der Waals surface area contributed by atoms with Gasteiger partial charge in [-0.3, -0.25) is 14.5 Å². The summed E-state index contributed by atoms with van der Waals surface area (Å²) >= 11 is 0. The molecule has 1 fully saturated rings. The van der Waals surface area contributed by atoms with E-state index in [2.05, 4.69) is 10.2 Å². The summed E-state index contributed by atoms with van der Waals surface area (Å²) in [4.78, 5) is 25.6. The van der Waals surface area contributed by atoms with Gasteiger partial charge in [-0.05, 0) is 37.1 Å². The van der Waals surface area contributed by atoms with Crippen LogP contribution in [0.2, 0.25) is 0 Å². The van der Waals surface area contributed by atoms with E-state index in [0.29, 0.717) is 13.1 Å². The number of hydrogen-bond donors (Lipinski definition) is 3. The first-order chi connectivity index (χ1) is 11.5. The molecule has 2 atom stereocenters. The Morgan fingerprint density at radius 3 is 2.92 bits per heavy atom. The molecule has 1 heterocycles. The van der Waals surface area contributed by atoms with Gasteiger partial charge in [0.05, 0.1) is 18.6 Å². The van der Waals surface area contributed by atoms with Crippen LogP contribution >= 0.6 is 0 Å². The Bertz CT molecular complexity index is 575. The first-order valence-electron chi connectivity index (χ1n) is 8.18. The number of methoxy groups -OCH3 is 1. The van der Waals surface area contributed by atoms with Crippen LogP contribution in [0.3, 0.4) is 0 Å². The van der Waals surface area contributed by atoms with Crippen molar-refractivity contribution in [3.05, 3.63) is 29.8 Å². The van der Waals surface area contributed by atoms with Crippen molar-refractivity contribution in [2.24, 2.45) is 11.5 Å². The van der Waals surface area contributed by atoms with Crippen molar-refractivity contribution in [3.63, 3.8) is 0 Å². The third-order valence-electron chi connectivity index (χ3n) is 4.30. The molecule has 1 aliphatic heterocycles. The van der Waals surface area contributed by atoms with Crippen molar-refractivity contribution in [1.82, 2.24) is 4.90 Å². The molecular formula is C17H26N4O3. The van der Waals surface area contributed by atoms with Crippen LogP contribution in [0.5, 0.6) is 0 Å². The Labute approximate surface area is 142 Å². The van der Waals surface area contributed by atoms with Gasteiger partial charge in [0.15, 0.2) is 0 Å². The van der Waals surface area contributed by atoms with E-state index in [1.54, 1.807) is 0 Å². The summed E-state index contributed by atoms with van der Waals surface area (Å²) in [6, 6.07) is 7.41. The van der Waals surface area contributed by atoms with E-state index in [1.165, 1.54) is 7.11 Å². The highest BCUT2D eigenvalue weighted by Gasteiger charge is 2.28. The van der Waals surface area contributed by atoms with Gasteiger partial charge in [0.2, 0.25) is 11.8 Å². The Balaban J connectivity index is 1.96. The van der Waals surface area contributed by atoms with Gasteiger partial charge < -0.3 is 21.5 Å². The number of nitrogens with two attached hydrogens (primary N) is 2. The van der Waals surface area contributed by atoms with Gasteiger partial charge in [-0.1, -0.05) is 12.1 Å². The number of amides is 2. The van der Waals surface area contributed by atoms with Crippen LogP contribution in [-0.4, -0.2) is 49.1 Å². The lowest BCUT2D eigenvalue weighted by atomic mass is 10.1. The zero-order valence-corrected chi connectivity index (χ0v) is 14.0. The Morgan fingerprint density at radius 2 is 2.25 bits per heavy atom. The normalized spacial score (nSPS) is 19.2. The Kier molecular flexibility index (Phi) is 6.72. The molecule has 0 radical (unpaired) electrons. The standard InChI is InChI=1S/C17H26N4O3/c1-24-14(10-18)9-16(22)20-13-5-2-4-12(8-13)11-21-7-3-6-15(21)17(19)23/h2,4-5,8,14-15H,3,6-7,9-11,18H2,1H3,(H2,19,23)(H,20,22). The molecule has 0 bridgehead atoms. The van der Waals surface area contributed by atoms with Crippen LogP contribution in [0, 0.1) is 0 Å². The summed E-state index contributed by atoms with van der Waals surface area (Å²) in [5.41, 5.74) is 12.7. The van der Waals surface area contributed by atoms with Gasteiger partial charge in [0, 0.05) is 25.9 Å². The molecule has 1 saturated heterocycles. The number of nitrogens with zero attached hydrogens (tertiary/aromatic N) is 1. The summed E-state index contributed by atoms with van der Waals surface area (Å²) in [7, 11) is 1.54. The maximum atomic E-state index is 12.0. The van der Waals surface area contributed by atoms with E-state index >= 15 is 0 Å². The van der Waals surface area contributed by atoms with Gasteiger partial charge in [-0.15, -0.1) is 0 Å². The highest BCUT2D eigenvalue weighted by molar-refractivity contribution is 5.91. The molecule has 1 aliphatic rings. The minimum Gasteiger partial charge on any atom is -0.380 e. The second-order valence-corrected chi connectivity index (χ2v) is 6.08. The molecule has 2 unspecified atom stereocenters. The topological polar surface area (TPSA) is 111 Å². The molecule has 7 heteroatoms. The largest absolute Gasteiger partial charge is 0.380 e. The third kappa shape index (κ3) is 5.02. The predicted octanol–water partition coefficient (Wildman–Crippen LogP) is 0.439. The molecule has 2 rings (SSSR count). The van der Waals surface area contributed by atoms with E-state index < -0.39 is 0 Å². The lowest BCUT2D eigenvalue weighted by molar-refractivity contribution is -0.122. The van der Waals surface area contributed by atoms with Crippen molar-refractivity contribution < 1.29 is 14.3 Å². The number of carbonyl (C=O) groups excluding carboxylic acids is 2. The second kappa shape index (κ2) is 8.77. The van der Waals surface area contributed by atoms with Crippen LogP contribution in [-0.2, 0) is 20.9 Å². The number of benzene rings is 1. The number of nitrogens with one attached hydrogen (secondary N) is 1. The van der Waals surface area contributed by atoms with Crippen LogP contribution < -0.4 is 16.8 Å². The minimum absolute atomic E-state index is 0.138. The van der Waals surface area contributed by atoms with Gasteiger partial charge in [-0.2, -0.15) is 0 Å². The number of carbonyl (C=O) groups is 2. The van der Waals surface area contributed by atoms with Crippen molar-refractivity contribution >= 4 is 17.5 Å². The molecule has 0 aliphatic carbocycles. The number of anilines is 1. The third-order valence-corrected chi connectivity index (χ3v) is 4.30. The van der Waals surface area contributed by atoms with Crippen LogP contribution in [0.25, 0.3) is 0 Å². The summed E-state index contributed by atoms with van der Waals surface area (Å²) < 4.78 is 5.12. The molecule has 7 nitrogen and oxygen atoms in total. The molecule has 5 N–H and O–H groups in total. The average molecular weight is 334 g/mol. The highest BCUT2D eigenvalue weighted by atomic mass is 16.5. The van der Waals surface area contributed by atoms with E-state index in [9.17, 15) is 9.59 Å². The SMILES string of the molecule is COC(CN)CC(=O)Nc1cccc(CN2CCCC2C(N)=O)c1. The monoisotopic (exact) mass is 334 g/mol. The fourth-order valence-electron chi connectivity index (χ4n) is 3.00. The van der Waals surface area contributed by atoms with Gasteiger partial charge in [0.1, 0.15) is 0 Å². The van der Waals surface area contributed by atoms with Crippen molar-refractivity contribution in [2.75, 3.05) is 25.5 Å². The molecule has 1 aromatic rings. The van der Waals surface area contributed by atoms with Crippen LogP contribution in [0.4, 0.5) is 5.69 Å². The van der Waals surface area contributed by atoms with Crippen molar-refractivity contribution in [3.8, 4) is 0 Å². The summed E-state index contributed by atoms with van der Waals surface area (Å²) in [6.45, 7) is 1.80. The number of ether oxygens (including phenoxy) is 1. The highest BCUT2D eigenvalue weighted by Crippen LogP contribution is 2.21. The van der Waals surface area contributed by atoms with Crippen LogP contribution in [0.1, 0.15) is 24.8 Å². The first kappa shape index (κ1) is 18.4. The Hall–Kier alpha value is -1.96. The lowest BCUT2D eigenvalue weighted by Crippen LogP contribution is -2.39. The lowest BCUT2D eigenvalue weighted by Gasteiger charge is -2.22. The van der Waals surface area contributed by atoms with E-state index in [0.717, 1.165) is 30.6 Å². The van der Waals surface area contributed by atoms with E-state index in [4.69, 9.17) is 16.2 Å². The van der Waals surface area contributed by atoms with Gasteiger partial charge in [0.25, 0.3) is 0 Å². The van der Waals surface area contributed by atoms with Gasteiger partial charge >= 0.3 is 0 Å². The molecule has 0 spiro atoms.